The second-order valence-corrected chi connectivity index (χ2v) is 5.26. The third-order valence-electron chi connectivity index (χ3n) is 3.40. The molecule has 3 rings (SSSR count). The number of hydrogen-bond acceptors (Lipinski definition) is 6. The summed E-state index contributed by atoms with van der Waals surface area (Å²) in [7, 11) is 0. The number of fused-ring (bicyclic) bond motifs is 1. The molecule has 0 spiro atoms. The molecule has 134 valence electrons. The lowest BCUT2D eigenvalue weighted by Gasteiger charge is -2.16. The van der Waals surface area contributed by atoms with Crippen molar-refractivity contribution in [2.75, 3.05) is 25.3 Å². The van der Waals surface area contributed by atoms with E-state index in [4.69, 9.17) is 14.2 Å². The molecule has 0 amide bonds. The molecular formula is C16H15F3N2O4. The number of aliphatic hydroxyl groups excluding tert-OH is 1. The standard InChI is InChI=1S/C16H15F3N2O4/c17-16(18,19)12-2-1-5-20-15(12)21-7-10(22)8-23-11-3-4-13-14(6-11)25-9-24-13/h1-6,10,22H,7-9H2,(H,20,21). The number of nitrogens with zero attached hydrogens (tertiary/aromatic N) is 1. The Kier molecular flexibility index (Phi) is 4.84. The fourth-order valence-electron chi connectivity index (χ4n) is 2.21. The molecule has 2 aromatic rings. The minimum Gasteiger partial charge on any atom is -0.491 e. The van der Waals surface area contributed by atoms with Gasteiger partial charge in [-0.05, 0) is 24.3 Å². The van der Waals surface area contributed by atoms with E-state index in [0.717, 1.165) is 6.07 Å². The second kappa shape index (κ2) is 7.06. The van der Waals surface area contributed by atoms with Gasteiger partial charge in [0.25, 0.3) is 0 Å². The number of pyridine rings is 1. The van der Waals surface area contributed by atoms with Crippen LogP contribution >= 0.6 is 0 Å². The smallest absolute Gasteiger partial charge is 0.419 e. The molecule has 1 unspecified atom stereocenters. The van der Waals surface area contributed by atoms with E-state index < -0.39 is 17.8 Å². The van der Waals surface area contributed by atoms with Crippen LogP contribution < -0.4 is 19.5 Å². The van der Waals surface area contributed by atoms with E-state index in [0.29, 0.717) is 17.2 Å². The lowest BCUT2D eigenvalue weighted by molar-refractivity contribution is -0.137. The Hall–Kier alpha value is -2.68. The Bertz CT molecular complexity index is 740. The predicted molar refractivity (Wildman–Crippen MR) is 81.8 cm³/mol. The van der Waals surface area contributed by atoms with Crippen molar-refractivity contribution in [3.63, 3.8) is 0 Å². The van der Waals surface area contributed by atoms with Crippen molar-refractivity contribution >= 4 is 5.82 Å². The molecule has 9 heteroatoms. The molecule has 0 saturated heterocycles. The maximum Gasteiger partial charge on any atom is 0.419 e. The predicted octanol–water partition coefficient (Wildman–Crippen LogP) is 2.68. The highest BCUT2D eigenvalue weighted by molar-refractivity contribution is 5.47. The molecule has 1 aromatic heterocycles. The van der Waals surface area contributed by atoms with Gasteiger partial charge in [-0.1, -0.05) is 0 Å². The average Bonchev–Trinajstić information content (AvgIpc) is 3.05. The Morgan fingerprint density at radius 3 is 2.84 bits per heavy atom. The Labute approximate surface area is 141 Å². The quantitative estimate of drug-likeness (QED) is 0.829. The van der Waals surface area contributed by atoms with Crippen LogP contribution in [0.3, 0.4) is 0 Å². The van der Waals surface area contributed by atoms with Gasteiger partial charge in [-0.3, -0.25) is 0 Å². The third kappa shape index (κ3) is 4.24. The van der Waals surface area contributed by atoms with Gasteiger partial charge in [0.15, 0.2) is 11.5 Å². The average molecular weight is 356 g/mol. The van der Waals surface area contributed by atoms with Crippen LogP contribution in [-0.2, 0) is 6.18 Å². The first-order chi connectivity index (χ1) is 11.9. The summed E-state index contributed by atoms with van der Waals surface area (Å²) < 4.78 is 54.4. The molecule has 0 aliphatic carbocycles. The molecular weight excluding hydrogens is 341 g/mol. The summed E-state index contributed by atoms with van der Waals surface area (Å²) in [5, 5.41) is 12.4. The Morgan fingerprint density at radius 2 is 2.04 bits per heavy atom. The zero-order valence-corrected chi connectivity index (χ0v) is 12.9. The third-order valence-corrected chi connectivity index (χ3v) is 3.40. The van der Waals surface area contributed by atoms with E-state index in [2.05, 4.69) is 10.3 Å². The highest BCUT2D eigenvalue weighted by Gasteiger charge is 2.34. The topological polar surface area (TPSA) is 72.8 Å². The van der Waals surface area contributed by atoms with Gasteiger partial charge in [0, 0.05) is 18.8 Å². The number of nitrogens with one attached hydrogen (secondary N) is 1. The number of aromatic nitrogens is 1. The van der Waals surface area contributed by atoms with Crippen LogP contribution in [0.25, 0.3) is 0 Å². The number of ether oxygens (including phenoxy) is 3. The van der Waals surface area contributed by atoms with Gasteiger partial charge in [-0.15, -0.1) is 0 Å². The zero-order chi connectivity index (χ0) is 17.9. The van der Waals surface area contributed by atoms with E-state index in [1.54, 1.807) is 18.2 Å². The SMILES string of the molecule is OC(CNc1ncccc1C(F)(F)F)COc1ccc2c(c1)OCO2. The molecule has 0 saturated carbocycles. The molecule has 1 aliphatic rings. The van der Waals surface area contributed by atoms with Crippen LogP contribution in [0.5, 0.6) is 17.2 Å². The number of hydrogen-bond donors (Lipinski definition) is 2. The number of anilines is 1. The van der Waals surface area contributed by atoms with Crippen molar-refractivity contribution in [3.05, 3.63) is 42.1 Å². The van der Waals surface area contributed by atoms with Crippen LogP contribution in [0.15, 0.2) is 36.5 Å². The molecule has 2 N–H and O–H groups in total. The molecule has 1 atom stereocenters. The van der Waals surface area contributed by atoms with Crippen molar-refractivity contribution < 1.29 is 32.5 Å². The number of benzene rings is 1. The molecule has 1 aromatic carbocycles. The fourth-order valence-corrected chi connectivity index (χ4v) is 2.21. The normalized spacial score (nSPS) is 14.2. The molecule has 1 aliphatic heterocycles. The largest absolute Gasteiger partial charge is 0.491 e. The minimum absolute atomic E-state index is 0.110. The van der Waals surface area contributed by atoms with Gasteiger partial charge in [-0.25, -0.2) is 4.98 Å². The molecule has 6 nitrogen and oxygen atoms in total. The van der Waals surface area contributed by atoms with Crippen molar-refractivity contribution in [1.29, 1.82) is 0 Å². The van der Waals surface area contributed by atoms with E-state index >= 15 is 0 Å². The summed E-state index contributed by atoms with van der Waals surface area (Å²) >= 11 is 0. The summed E-state index contributed by atoms with van der Waals surface area (Å²) in [6.07, 6.45) is -4.31. The van der Waals surface area contributed by atoms with E-state index in [1.807, 2.05) is 0 Å². The summed E-state index contributed by atoms with van der Waals surface area (Å²) in [6.45, 7) is -0.123. The van der Waals surface area contributed by atoms with Crippen molar-refractivity contribution in [2.45, 2.75) is 12.3 Å². The van der Waals surface area contributed by atoms with Crippen LogP contribution in [0, 0.1) is 0 Å². The molecule has 0 bridgehead atoms. The van der Waals surface area contributed by atoms with E-state index in [9.17, 15) is 18.3 Å². The Morgan fingerprint density at radius 1 is 1.24 bits per heavy atom. The van der Waals surface area contributed by atoms with Gasteiger partial charge < -0.3 is 24.6 Å². The van der Waals surface area contributed by atoms with E-state index in [1.165, 1.54) is 12.3 Å². The molecule has 0 fully saturated rings. The Balaban J connectivity index is 1.53. The van der Waals surface area contributed by atoms with Gasteiger partial charge in [-0.2, -0.15) is 13.2 Å². The lowest BCUT2D eigenvalue weighted by Crippen LogP contribution is -2.27. The van der Waals surface area contributed by atoms with Crippen molar-refractivity contribution in [3.8, 4) is 17.2 Å². The maximum absolute atomic E-state index is 12.9. The monoisotopic (exact) mass is 356 g/mol. The van der Waals surface area contributed by atoms with Gasteiger partial charge in [0.2, 0.25) is 6.79 Å². The van der Waals surface area contributed by atoms with Crippen LogP contribution in [0.2, 0.25) is 0 Å². The maximum atomic E-state index is 12.9. The van der Waals surface area contributed by atoms with Gasteiger partial charge in [0.1, 0.15) is 24.3 Å². The number of halogens is 3. The second-order valence-electron chi connectivity index (χ2n) is 5.26. The van der Waals surface area contributed by atoms with Crippen LogP contribution in [0.1, 0.15) is 5.56 Å². The minimum atomic E-state index is -4.52. The summed E-state index contributed by atoms with van der Waals surface area (Å²) in [6, 6.07) is 7.06. The summed E-state index contributed by atoms with van der Waals surface area (Å²) in [5.74, 6) is 1.26. The summed E-state index contributed by atoms with van der Waals surface area (Å²) in [5.41, 5.74) is -0.890. The van der Waals surface area contributed by atoms with Crippen molar-refractivity contribution in [2.24, 2.45) is 0 Å². The highest BCUT2D eigenvalue weighted by Crippen LogP contribution is 2.35. The first-order valence-electron chi connectivity index (χ1n) is 7.40. The van der Waals surface area contributed by atoms with Crippen molar-refractivity contribution in [1.82, 2.24) is 4.98 Å². The van der Waals surface area contributed by atoms with Crippen LogP contribution in [0.4, 0.5) is 19.0 Å². The fraction of sp³-hybridized carbons (Fsp3) is 0.312. The molecule has 2 heterocycles. The van der Waals surface area contributed by atoms with Gasteiger partial charge >= 0.3 is 6.18 Å². The first kappa shape index (κ1) is 17.2. The summed E-state index contributed by atoms with van der Waals surface area (Å²) in [4.78, 5) is 3.66. The van der Waals surface area contributed by atoms with E-state index in [-0.39, 0.29) is 25.8 Å². The van der Waals surface area contributed by atoms with Crippen LogP contribution in [-0.4, -0.2) is 36.1 Å². The number of aliphatic hydroxyl groups is 1. The number of rotatable bonds is 6. The zero-order valence-electron chi connectivity index (χ0n) is 12.9. The first-order valence-corrected chi connectivity index (χ1v) is 7.40. The van der Waals surface area contributed by atoms with Gasteiger partial charge in [0.05, 0.1) is 5.56 Å². The highest BCUT2D eigenvalue weighted by atomic mass is 19.4. The molecule has 0 radical (unpaired) electrons. The number of alkyl halides is 3. The lowest BCUT2D eigenvalue weighted by atomic mass is 10.2. The molecule has 25 heavy (non-hydrogen) atoms.